The highest BCUT2D eigenvalue weighted by atomic mass is 16.5. The first-order chi connectivity index (χ1) is 9.10. The van der Waals surface area contributed by atoms with Gasteiger partial charge in [0.15, 0.2) is 5.82 Å². The molecular formula is C15H21N3O. The van der Waals surface area contributed by atoms with Gasteiger partial charge in [0.25, 0.3) is 0 Å². The van der Waals surface area contributed by atoms with Crippen molar-refractivity contribution in [1.29, 1.82) is 0 Å². The number of benzene rings is 1. The predicted molar refractivity (Wildman–Crippen MR) is 74.7 cm³/mol. The second-order valence-corrected chi connectivity index (χ2v) is 5.12. The van der Waals surface area contributed by atoms with Gasteiger partial charge < -0.3 is 10.3 Å². The largest absolute Gasteiger partial charge is 0.338 e. The molecule has 0 radical (unpaired) electrons. The van der Waals surface area contributed by atoms with E-state index < -0.39 is 0 Å². The maximum Gasteiger partial charge on any atom is 0.243 e. The molecule has 2 unspecified atom stereocenters. The molecule has 2 N–H and O–H groups in total. The highest BCUT2D eigenvalue weighted by Crippen LogP contribution is 2.20. The molecule has 0 aliphatic rings. The molecule has 0 spiro atoms. The monoisotopic (exact) mass is 259 g/mol. The minimum atomic E-state index is -0.177. The zero-order chi connectivity index (χ0) is 13.8. The second-order valence-electron chi connectivity index (χ2n) is 5.12. The van der Waals surface area contributed by atoms with E-state index in [9.17, 15) is 0 Å². The van der Waals surface area contributed by atoms with Gasteiger partial charge in [-0.15, -0.1) is 0 Å². The minimum Gasteiger partial charge on any atom is -0.338 e. The van der Waals surface area contributed by atoms with Crippen LogP contribution < -0.4 is 5.73 Å². The van der Waals surface area contributed by atoms with Crippen molar-refractivity contribution < 1.29 is 4.52 Å². The molecule has 0 aliphatic heterocycles. The van der Waals surface area contributed by atoms with E-state index in [1.54, 1.807) is 0 Å². The Bertz CT molecular complexity index is 518. The van der Waals surface area contributed by atoms with E-state index >= 15 is 0 Å². The standard InChI is InChI=1S/C15H21N3O/c1-4-11(3)14(16)15-17-13(18-19-15)9-12-7-5-10(2)6-8-12/h5-8,11,14H,4,9,16H2,1-3H3. The average Bonchev–Trinajstić information content (AvgIpc) is 2.88. The summed E-state index contributed by atoms with van der Waals surface area (Å²) >= 11 is 0. The van der Waals surface area contributed by atoms with E-state index in [0.717, 1.165) is 6.42 Å². The smallest absolute Gasteiger partial charge is 0.243 e. The third-order valence-electron chi connectivity index (χ3n) is 3.51. The lowest BCUT2D eigenvalue weighted by Crippen LogP contribution is -2.18. The zero-order valence-electron chi connectivity index (χ0n) is 11.8. The molecule has 1 heterocycles. The molecule has 4 nitrogen and oxygen atoms in total. The third-order valence-corrected chi connectivity index (χ3v) is 3.51. The molecule has 0 aliphatic carbocycles. The summed E-state index contributed by atoms with van der Waals surface area (Å²) in [6, 6.07) is 8.16. The molecule has 2 atom stereocenters. The quantitative estimate of drug-likeness (QED) is 0.896. The number of rotatable bonds is 5. The summed E-state index contributed by atoms with van der Waals surface area (Å²) in [5.41, 5.74) is 8.50. The van der Waals surface area contributed by atoms with E-state index in [1.807, 2.05) is 0 Å². The van der Waals surface area contributed by atoms with Crippen LogP contribution in [0.2, 0.25) is 0 Å². The number of hydrogen-bond donors (Lipinski definition) is 1. The number of aromatic nitrogens is 2. The molecule has 19 heavy (non-hydrogen) atoms. The summed E-state index contributed by atoms with van der Waals surface area (Å²) in [6.07, 6.45) is 1.67. The van der Waals surface area contributed by atoms with Gasteiger partial charge in [-0.3, -0.25) is 0 Å². The third kappa shape index (κ3) is 3.41. The van der Waals surface area contributed by atoms with Crippen molar-refractivity contribution in [3.63, 3.8) is 0 Å². The van der Waals surface area contributed by atoms with Crippen LogP contribution in [0.3, 0.4) is 0 Å². The van der Waals surface area contributed by atoms with Gasteiger partial charge in [0, 0.05) is 6.42 Å². The lowest BCUT2D eigenvalue weighted by Gasteiger charge is -2.12. The molecule has 102 valence electrons. The summed E-state index contributed by atoms with van der Waals surface area (Å²) in [6.45, 7) is 6.27. The Labute approximate surface area is 114 Å². The molecule has 0 saturated heterocycles. The second kappa shape index (κ2) is 5.97. The first kappa shape index (κ1) is 13.7. The van der Waals surface area contributed by atoms with Crippen LogP contribution in [0.5, 0.6) is 0 Å². The van der Waals surface area contributed by atoms with Gasteiger partial charge in [0.2, 0.25) is 5.89 Å². The summed E-state index contributed by atoms with van der Waals surface area (Å²) < 4.78 is 5.26. The normalized spacial score (nSPS) is 14.3. The minimum absolute atomic E-state index is 0.177. The Balaban J connectivity index is 2.07. The summed E-state index contributed by atoms with van der Waals surface area (Å²) in [5, 5.41) is 4.01. The average molecular weight is 259 g/mol. The van der Waals surface area contributed by atoms with Gasteiger partial charge in [-0.05, 0) is 18.4 Å². The first-order valence-corrected chi connectivity index (χ1v) is 6.73. The molecule has 0 fully saturated rings. The molecule has 0 amide bonds. The van der Waals surface area contributed by atoms with Gasteiger partial charge in [-0.2, -0.15) is 4.98 Å². The summed E-state index contributed by atoms with van der Waals surface area (Å²) in [5.74, 6) is 1.57. The van der Waals surface area contributed by atoms with Gasteiger partial charge >= 0.3 is 0 Å². The van der Waals surface area contributed by atoms with Crippen LogP contribution in [-0.4, -0.2) is 10.1 Å². The predicted octanol–water partition coefficient (Wildman–Crippen LogP) is 3.01. The number of hydrogen-bond acceptors (Lipinski definition) is 4. The topological polar surface area (TPSA) is 64.9 Å². The van der Waals surface area contributed by atoms with Crippen molar-refractivity contribution in [2.75, 3.05) is 0 Å². The van der Waals surface area contributed by atoms with Crippen molar-refractivity contribution in [1.82, 2.24) is 10.1 Å². The van der Waals surface area contributed by atoms with E-state index in [1.165, 1.54) is 11.1 Å². The maximum absolute atomic E-state index is 6.08. The van der Waals surface area contributed by atoms with Gasteiger partial charge in [-0.25, -0.2) is 0 Å². The van der Waals surface area contributed by atoms with Crippen LogP contribution >= 0.6 is 0 Å². The molecule has 0 bridgehead atoms. The summed E-state index contributed by atoms with van der Waals surface area (Å²) in [7, 11) is 0. The maximum atomic E-state index is 6.08. The lowest BCUT2D eigenvalue weighted by molar-refractivity contribution is 0.310. The van der Waals surface area contributed by atoms with Crippen LogP contribution in [0.15, 0.2) is 28.8 Å². The number of aryl methyl sites for hydroxylation is 1. The fourth-order valence-corrected chi connectivity index (χ4v) is 1.86. The van der Waals surface area contributed by atoms with E-state index in [2.05, 4.69) is 55.2 Å². The van der Waals surface area contributed by atoms with E-state index in [-0.39, 0.29) is 6.04 Å². The molecule has 2 rings (SSSR count). The molecule has 2 aromatic rings. The van der Waals surface area contributed by atoms with Gasteiger partial charge in [-0.1, -0.05) is 55.3 Å². The zero-order valence-corrected chi connectivity index (χ0v) is 11.8. The van der Waals surface area contributed by atoms with E-state index in [4.69, 9.17) is 10.3 Å². The number of nitrogens with two attached hydrogens (primary N) is 1. The van der Waals surface area contributed by atoms with Crippen molar-refractivity contribution in [3.8, 4) is 0 Å². The highest BCUT2D eigenvalue weighted by Gasteiger charge is 2.19. The fraction of sp³-hybridized carbons (Fsp3) is 0.467. The fourth-order valence-electron chi connectivity index (χ4n) is 1.86. The number of nitrogens with zero attached hydrogens (tertiary/aromatic N) is 2. The van der Waals surface area contributed by atoms with Gasteiger partial charge in [0.1, 0.15) is 0 Å². The SMILES string of the molecule is CCC(C)C(N)c1nc(Cc2ccc(C)cc2)no1. The van der Waals surface area contributed by atoms with Crippen LogP contribution in [0.4, 0.5) is 0 Å². The molecule has 1 aromatic heterocycles. The highest BCUT2D eigenvalue weighted by molar-refractivity contribution is 5.23. The Morgan fingerprint density at radius 3 is 2.58 bits per heavy atom. The summed E-state index contributed by atoms with van der Waals surface area (Å²) in [4.78, 5) is 4.39. The molecule has 0 saturated carbocycles. The Kier molecular flexibility index (Phi) is 4.32. The van der Waals surface area contributed by atoms with E-state index in [0.29, 0.717) is 24.1 Å². The van der Waals surface area contributed by atoms with Crippen LogP contribution in [0.25, 0.3) is 0 Å². The van der Waals surface area contributed by atoms with Crippen LogP contribution in [0, 0.1) is 12.8 Å². The lowest BCUT2D eigenvalue weighted by atomic mass is 10.0. The Hall–Kier alpha value is -1.68. The molecular weight excluding hydrogens is 238 g/mol. The van der Waals surface area contributed by atoms with Crippen molar-refractivity contribution >= 4 is 0 Å². The Morgan fingerprint density at radius 2 is 1.95 bits per heavy atom. The van der Waals surface area contributed by atoms with Crippen LogP contribution in [0.1, 0.15) is 49.2 Å². The van der Waals surface area contributed by atoms with Crippen LogP contribution in [-0.2, 0) is 6.42 Å². The van der Waals surface area contributed by atoms with Crippen molar-refractivity contribution in [2.45, 2.75) is 39.7 Å². The Morgan fingerprint density at radius 1 is 1.26 bits per heavy atom. The van der Waals surface area contributed by atoms with Gasteiger partial charge in [0.05, 0.1) is 6.04 Å². The van der Waals surface area contributed by atoms with Crippen molar-refractivity contribution in [3.05, 3.63) is 47.1 Å². The first-order valence-electron chi connectivity index (χ1n) is 6.73. The molecule has 4 heteroatoms. The molecule has 1 aromatic carbocycles. The van der Waals surface area contributed by atoms with Crippen molar-refractivity contribution in [2.24, 2.45) is 11.7 Å².